The number of nitrogens with zero attached hydrogens (tertiary/aromatic N) is 1. The van der Waals surface area contributed by atoms with Crippen LogP contribution < -0.4 is 0 Å². The van der Waals surface area contributed by atoms with Crippen molar-refractivity contribution in [2.75, 3.05) is 13.2 Å². The number of rotatable bonds is 20. The third-order valence-electron chi connectivity index (χ3n) is 8.06. The number of pyridine rings is 1. The van der Waals surface area contributed by atoms with Crippen LogP contribution >= 0.6 is 0 Å². The molecule has 1 fully saturated rings. The summed E-state index contributed by atoms with van der Waals surface area (Å²) >= 11 is 0. The number of unbranched alkanes of at least 4 members (excludes halogenated alkanes) is 12. The molecule has 1 saturated heterocycles. The fraction of sp³-hybridized carbons (Fsp3) is 0.686. The van der Waals surface area contributed by atoms with Crippen LogP contribution in [0.2, 0.25) is 0 Å². The molecule has 0 spiro atoms. The minimum absolute atomic E-state index is 0.0657. The second-order valence-electron chi connectivity index (χ2n) is 11.5. The Bertz CT molecular complexity index is 824. The normalized spacial score (nSPS) is 17.6. The number of benzene rings is 1. The Morgan fingerprint density at radius 3 is 1.79 bits per heavy atom. The highest BCUT2D eigenvalue weighted by Gasteiger charge is 2.21. The zero-order chi connectivity index (χ0) is 26.7. The molecular weight excluding hydrogens is 466 g/mol. The van der Waals surface area contributed by atoms with Crippen molar-refractivity contribution in [3.05, 3.63) is 53.7 Å². The quantitative estimate of drug-likeness (QED) is 0.162. The third kappa shape index (κ3) is 12.4. The summed E-state index contributed by atoms with van der Waals surface area (Å²) in [6, 6.07) is 13.4. The zero-order valence-electron chi connectivity index (χ0n) is 24.6. The molecule has 38 heavy (non-hydrogen) atoms. The summed E-state index contributed by atoms with van der Waals surface area (Å²) in [7, 11) is 0. The van der Waals surface area contributed by atoms with Gasteiger partial charge in [-0.05, 0) is 42.9 Å². The van der Waals surface area contributed by atoms with Gasteiger partial charge in [0.1, 0.15) is 0 Å². The highest BCUT2D eigenvalue weighted by atomic mass is 16.7. The molecule has 1 aromatic heterocycles. The molecule has 0 unspecified atom stereocenters. The van der Waals surface area contributed by atoms with Crippen LogP contribution in [0, 0.1) is 5.92 Å². The Hall–Kier alpha value is -1.71. The largest absolute Gasteiger partial charge is 0.352 e. The van der Waals surface area contributed by atoms with Crippen molar-refractivity contribution < 1.29 is 9.47 Å². The van der Waals surface area contributed by atoms with Crippen LogP contribution in [0.25, 0.3) is 11.3 Å². The van der Waals surface area contributed by atoms with E-state index in [2.05, 4.69) is 50.2 Å². The van der Waals surface area contributed by atoms with E-state index in [4.69, 9.17) is 14.5 Å². The van der Waals surface area contributed by atoms with E-state index in [1.807, 2.05) is 6.20 Å². The molecule has 3 nitrogen and oxygen atoms in total. The summed E-state index contributed by atoms with van der Waals surface area (Å²) in [6.45, 7) is 6.26. The van der Waals surface area contributed by atoms with Gasteiger partial charge in [0, 0.05) is 24.1 Å². The standard InChI is InChI=1S/C35H55NO2/c1-3-5-7-9-11-12-14-15-17-30-19-23-33(24-20-30)34-25-21-31(27-36-34)22-26-35-37-28-32(29-38-35)18-16-13-10-8-6-4-2/h19-21,23-25,27,32,35H,3-18,22,26,28-29H2,1-2H3/t32-,35-. The first-order chi connectivity index (χ1) is 18.8. The Morgan fingerprint density at radius 2 is 1.18 bits per heavy atom. The SMILES string of the molecule is CCCCCCCCCCc1ccc(-c2ccc(CC[C@H]3OC[C@H](CCCCCCCC)CO3)cn2)cc1. The van der Waals surface area contributed by atoms with E-state index in [0.717, 1.165) is 31.7 Å². The maximum Gasteiger partial charge on any atom is 0.157 e. The van der Waals surface area contributed by atoms with Crippen LogP contribution in [0.15, 0.2) is 42.6 Å². The minimum atomic E-state index is -0.0657. The van der Waals surface area contributed by atoms with E-state index in [1.54, 1.807) is 0 Å². The highest BCUT2D eigenvalue weighted by molar-refractivity contribution is 5.59. The molecule has 0 amide bonds. The van der Waals surface area contributed by atoms with Gasteiger partial charge in [0.15, 0.2) is 6.29 Å². The van der Waals surface area contributed by atoms with Crippen molar-refractivity contribution in [2.24, 2.45) is 5.92 Å². The van der Waals surface area contributed by atoms with E-state index in [9.17, 15) is 0 Å². The average molecular weight is 522 g/mol. The molecule has 0 radical (unpaired) electrons. The van der Waals surface area contributed by atoms with Crippen molar-refractivity contribution >= 4 is 0 Å². The molecule has 212 valence electrons. The summed E-state index contributed by atoms with van der Waals surface area (Å²) < 4.78 is 12.1. The first-order valence-corrected chi connectivity index (χ1v) is 16.1. The van der Waals surface area contributed by atoms with Gasteiger partial charge in [0.05, 0.1) is 18.9 Å². The lowest BCUT2D eigenvalue weighted by molar-refractivity contribution is -0.203. The third-order valence-corrected chi connectivity index (χ3v) is 8.06. The summed E-state index contributed by atoms with van der Waals surface area (Å²) in [4.78, 5) is 4.75. The van der Waals surface area contributed by atoms with E-state index in [-0.39, 0.29) is 6.29 Å². The molecule has 0 bridgehead atoms. The van der Waals surface area contributed by atoms with Crippen LogP contribution in [-0.2, 0) is 22.3 Å². The van der Waals surface area contributed by atoms with E-state index >= 15 is 0 Å². The van der Waals surface area contributed by atoms with Crippen molar-refractivity contribution in [2.45, 2.75) is 136 Å². The predicted octanol–water partition coefficient (Wildman–Crippen LogP) is 10.1. The first-order valence-electron chi connectivity index (χ1n) is 16.1. The Kier molecular flexibility index (Phi) is 15.7. The zero-order valence-corrected chi connectivity index (χ0v) is 24.6. The van der Waals surface area contributed by atoms with Gasteiger partial charge < -0.3 is 9.47 Å². The number of aryl methyl sites for hydroxylation is 2. The Labute approximate surface area is 234 Å². The van der Waals surface area contributed by atoms with Gasteiger partial charge in [-0.3, -0.25) is 4.98 Å². The van der Waals surface area contributed by atoms with Crippen molar-refractivity contribution in [1.29, 1.82) is 0 Å². The lowest BCUT2D eigenvalue weighted by Crippen LogP contribution is -2.32. The average Bonchev–Trinajstić information content (AvgIpc) is 2.96. The second kappa shape index (κ2) is 19.4. The summed E-state index contributed by atoms with van der Waals surface area (Å²) in [5.41, 5.74) is 4.95. The van der Waals surface area contributed by atoms with Crippen LogP contribution in [-0.4, -0.2) is 24.5 Å². The topological polar surface area (TPSA) is 31.4 Å². The first kappa shape index (κ1) is 30.8. The number of aromatic nitrogens is 1. The molecule has 0 N–H and O–H groups in total. The maximum atomic E-state index is 6.03. The molecule has 2 heterocycles. The predicted molar refractivity (Wildman–Crippen MR) is 161 cm³/mol. The Morgan fingerprint density at radius 1 is 0.605 bits per heavy atom. The highest BCUT2D eigenvalue weighted by Crippen LogP contribution is 2.22. The van der Waals surface area contributed by atoms with E-state index in [1.165, 1.54) is 119 Å². The molecule has 1 aromatic carbocycles. The molecule has 3 heteroatoms. The monoisotopic (exact) mass is 521 g/mol. The second-order valence-corrected chi connectivity index (χ2v) is 11.5. The molecule has 1 aliphatic heterocycles. The van der Waals surface area contributed by atoms with Crippen LogP contribution in [0.5, 0.6) is 0 Å². The van der Waals surface area contributed by atoms with Gasteiger partial charge >= 0.3 is 0 Å². The van der Waals surface area contributed by atoms with Crippen molar-refractivity contribution in [1.82, 2.24) is 4.98 Å². The molecule has 0 atom stereocenters. The maximum absolute atomic E-state index is 6.03. The number of hydrogen-bond donors (Lipinski definition) is 0. The smallest absolute Gasteiger partial charge is 0.157 e. The molecule has 2 aromatic rings. The molecule has 0 aliphatic carbocycles. The lowest BCUT2D eigenvalue weighted by atomic mass is 10.0. The molecular formula is C35H55NO2. The lowest BCUT2D eigenvalue weighted by Gasteiger charge is -2.29. The summed E-state index contributed by atoms with van der Waals surface area (Å²) in [5.74, 6) is 0.574. The van der Waals surface area contributed by atoms with Gasteiger partial charge in [0.25, 0.3) is 0 Å². The van der Waals surface area contributed by atoms with Gasteiger partial charge in [-0.2, -0.15) is 0 Å². The summed E-state index contributed by atoms with van der Waals surface area (Å²) in [6.07, 6.45) is 25.4. The fourth-order valence-electron chi connectivity index (χ4n) is 5.46. The minimum Gasteiger partial charge on any atom is -0.352 e. The van der Waals surface area contributed by atoms with Gasteiger partial charge in [-0.15, -0.1) is 0 Å². The Balaban J connectivity index is 1.28. The van der Waals surface area contributed by atoms with Crippen molar-refractivity contribution in [3.8, 4) is 11.3 Å². The van der Waals surface area contributed by atoms with Crippen molar-refractivity contribution in [3.63, 3.8) is 0 Å². The summed E-state index contributed by atoms with van der Waals surface area (Å²) in [5, 5.41) is 0. The van der Waals surface area contributed by atoms with E-state index in [0.29, 0.717) is 5.92 Å². The van der Waals surface area contributed by atoms with Crippen LogP contribution in [0.3, 0.4) is 0 Å². The van der Waals surface area contributed by atoms with E-state index < -0.39 is 0 Å². The molecule has 0 saturated carbocycles. The van der Waals surface area contributed by atoms with Crippen LogP contribution in [0.4, 0.5) is 0 Å². The molecule has 1 aliphatic rings. The van der Waals surface area contributed by atoms with Gasteiger partial charge in [-0.1, -0.05) is 128 Å². The number of ether oxygens (including phenoxy) is 2. The number of hydrogen-bond acceptors (Lipinski definition) is 3. The van der Waals surface area contributed by atoms with Gasteiger partial charge in [-0.25, -0.2) is 0 Å². The molecule has 3 rings (SSSR count). The van der Waals surface area contributed by atoms with Crippen LogP contribution in [0.1, 0.15) is 128 Å². The fourth-order valence-corrected chi connectivity index (χ4v) is 5.46. The van der Waals surface area contributed by atoms with Gasteiger partial charge in [0.2, 0.25) is 0 Å².